The standard InChI is InChI=1S/C35H74N2O4S/c1-8-10-12-14-16-18-20-21-23-25-27-29-32-37(6,7)35(30-33-42(39,40)41-34(3)38)36(4,5)31-28-26-24-22-19-17-15-13-11-9-2/h35H,8-33H2,1-7H3/q+2. The van der Waals surface area contributed by atoms with Crippen LogP contribution in [0, 0.1) is 0 Å². The fourth-order valence-corrected chi connectivity index (χ4v) is 7.62. The molecule has 0 radical (unpaired) electrons. The van der Waals surface area contributed by atoms with Gasteiger partial charge in [0.2, 0.25) is 6.17 Å². The van der Waals surface area contributed by atoms with Gasteiger partial charge in [0.05, 0.1) is 53.5 Å². The van der Waals surface area contributed by atoms with Gasteiger partial charge in [0.15, 0.2) is 0 Å². The quantitative estimate of drug-likeness (QED) is 0.0348. The highest BCUT2D eigenvalue weighted by atomic mass is 32.2. The van der Waals surface area contributed by atoms with E-state index in [-0.39, 0.29) is 11.9 Å². The molecule has 0 aliphatic carbocycles. The van der Waals surface area contributed by atoms with Gasteiger partial charge in [0, 0.05) is 6.92 Å². The number of nitrogens with zero attached hydrogens (tertiary/aromatic N) is 2. The monoisotopic (exact) mass is 619 g/mol. The lowest BCUT2D eigenvalue weighted by Crippen LogP contribution is -2.65. The highest BCUT2D eigenvalue weighted by molar-refractivity contribution is 7.87. The molecule has 0 N–H and O–H groups in total. The summed E-state index contributed by atoms with van der Waals surface area (Å²) in [6.45, 7) is 7.77. The summed E-state index contributed by atoms with van der Waals surface area (Å²) in [4.78, 5) is 11.3. The van der Waals surface area contributed by atoms with Crippen LogP contribution in [0.15, 0.2) is 0 Å². The van der Waals surface area contributed by atoms with E-state index in [1.165, 1.54) is 128 Å². The smallest absolute Gasteiger partial charge is 0.319 e. The van der Waals surface area contributed by atoms with Crippen molar-refractivity contribution in [3.8, 4) is 0 Å². The number of hydrogen-bond acceptors (Lipinski definition) is 4. The van der Waals surface area contributed by atoms with Crippen molar-refractivity contribution in [2.75, 3.05) is 47.0 Å². The molecule has 1 unspecified atom stereocenters. The third kappa shape index (κ3) is 22.8. The van der Waals surface area contributed by atoms with Crippen LogP contribution in [0.4, 0.5) is 0 Å². The fraction of sp³-hybridized carbons (Fsp3) is 0.971. The number of carbonyl (C=O) groups is 1. The van der Waals surface area contributed by atoms with Gasteiger partial charge in [0.1, 0.15) is 0 Å². The number of hydrogen-bond donors (Lipinski definition) is 0. The maximum Gasteiger partial charge on any atom is 0.319 e. The molecular weight excluding hydrogens is 544 g/mol. The zero-order chi connectivity index (χ0) is 31.7. The minimum Gasteiger partial charge on any atom is -0.346 e. The van der Waals surface area contributed by atoms with Crippen molar-refractivity contribution in [2.45, 2.75) is 175 Å². The van der Waals surface area contributed by atoms with Gasteiger partial charge < -0.3 is 4.18 Å². The number of carbonyl (C=O) groups excluding carboxylic acids is 1. The van der Waals surface area contributed by atoms with Crippen molar-refractivity contribution < 1.29 is 26.4 Å². The van der Waals surface area contributed by atoms with E-state index in [1.54, 1.807) is 0 Å². The molecule has 7 heteroatoms. The van der Waals surface area contributed by atoms with E-state index in [2.05, 4.69) is 46.2 Å². The van der Waals surface area contributed by atoms with Gasteiger partial charge in [-0.25, -0.2) is 0 Å². The van der Waals surface area contributed by atoms with Crippen LogP contribution in [0.25, 0.3) is 0 Å². The second-order valence-electron chi connectivity index (χ2n) is 14.2. The molecule has 0 spiro atoms. The minimum absolute atomic E-state index is 0.114. The Balaban J connectivity index is 4.73. The fourth-order valence-electron chi connectivity index (χ4n) is 6.68. The Kier molecular flexibility index (Phi) is 24.2. The van der Waals surface area contributed by atoms with Crippen LogP contribution in [0.2, 0.25) is 0 Å². The molecule has 0 amide bonds. The van der Waals surface area contributed by atoms with Gasteiger partial charge in [-0.15, -0.1) is 0 Å². The van der Waals surface area contributed by atoms with Crippen LogP contribution in [0.1, 0.15) is 168 Å². The zero-order valence-electron chi connectivity index (χ0n) is 29.4. The van der Waals surface area contributed by atoms with Crippen LogP contribution >= 0.6 is 0 Å². The second-order valence-corrected chi connectivity index (χ2v) is 15.9. The van der Waals surface area contributed by atoms with Crippen LogP contribution in [-0.4, -0.2) is 76.6 Å². The molecule has 0 aromatic rings. The Morgan fingerprint density at radius 1 is 0.548 bits per heavy atom. The summed E-state index contributed by atoms with van der Waals surface area (Å²) in [5.74, 6) is -0.868. The Morgan fingerprint density at radius 2 is 0.833 bits per heavy atom. The maximum absolute atomic E-state index is 12.5. The van der Waals surface area contributed by atoms with Crippen molar-refractivity contribution >= 4 is 16.1 Å². The average Bonchev–Trinajstić information content (AvgIpc) is 2.89. The van der Waals surface area contributed by atoms with Gasteiger partial charge in [-0.1, -0.05) is 129 Å². The van der Waals surface area contributed by atoms with Crippen molar-refractivity contribution in [3.63, 3.8) is 0 Å². The molecule has 0 rings (SSSR count). The lowest BCUT2D eigenvalue weighted by molar-refractivity contribution is -1.10. The third-order valence-electron chi connectivity index (χ3n) is 9.16. The van der Waals surface area contributed by atoms with Crippen LogP contribution in [-0.2, 0) is 19.1 Å². The predicted octanol–water partition coefficient (Wildman–Crippen LogP) is 9.37. The van der Waals surface area contributed by atoms with Crippen molar-refractivity contribution in [1.82, 2.24) is 0 Å². The van der Waals surface area contributed by atoms with Crippen molar-refractivity contribution in [1.29, 1.82) is 0 Å². The number of rotatable bonds is 30. The van der Waals surface area contributed by atoms with E-state index in [0.29, 0.717) is 6.42 Å². The van der Waals surface area contributed by atoms with Crippen molar-refractivity contribution in [2.24, 2.45) is 0 Å². The van der Waals surface area contributed by atoms with Gasteiger partial charge in [-0.3, -0.25) is 13.8 Å². The maximum atomic E-state index is 12.5. The van der Waals surface area contributed by atoms with E-state index in [9.17, 15) is 13.2 Å². The topological polar surface area (TPSA) is 60.4 Å². The molecule has 42 heavy (non-hydrogen) atoms. The molecule has 0 heterocycles. The number of quaternary nitrogens is 2. The first-order valence-electron chi connectivity index (χ1n) is 18.0. The van der Waals surface area contributed by atoms with Crippen LogP contribution < -0.4 is 0 Å². The predicted molar refractivity (Wildman–Crippen MR) is 181 cm³/mol. The van der Waals surface area contributed by atoms with Gasteiger partial charge >= 0.3 is 16.1 Å². The lowest BCUT2D eigenvalue weighted by Gasteiger charge is -2.47. The van der Waals surface area contributed by atoms with Gasteiger partial charge in [-0.05, 0) is 25.7 Å². The lowest BCUT2D eigenvalue weighted by atomic mass is 10.0. The molecule has 0 fully saturated rings. The van der Waals surface area contributed by atoms with E-state index in [0.717, 1.165) is 41.8 Å². The Bertz CT molecular complexity index is 752. The Morgan fingerprint density at radius 3 is 1.12 bits per heavy atom. The molecule has 0 aromatic heterocycles. The normalized spacial score (nSPS) is 13.4. The first-order chi connectivity index (χ1) is 19.9. The van der Waals surface area contributed by atoms with Gasteiger partial charge in [0.25, 0.3) is 0 Å². The molecule has 0 bridgehead atoms. The third-order valence-corrected chi connectivity index (χ3v) is 10.4. The molecule has 0 saturated heterocycles. The van der Waals surface area contributed by atoms with Crippen molar-refractivity contribution in [3.05, 3.63) is 0 Å². The minimum atomic E-state index is -3.86. The zero-order valence-corrected chi connectivity index (χ0v) is 30.2. The summed E-state index contributed by atoms with van der Waals surface area (Å²) in [7, 11) is 5.20. The average molecular weight is 619 g/mol. The van der Waals surface area contributed by atoms with E-state index < -0.39 is 16.1 Å². The first kappa shape index (κ1) is 41.3. The van der Waals surface area contributed by atoms with E-state index in [4.69, 9.17) is 0 Å². The highest BCUT2D eigenvalue weighted by Gasteiger charge is 2.41. The molecule has 0 aromatic carbocycles. The van der Waals surface area contributed by atoms with E-state index in [1.807, 2.05) is 0 Å². The van der Waals surface area contributed by atoms with E-state index >= 15 is 0 Å². The summed E-state index contributed by atoms with van der Waals surface area (Å²) in [5, 5.41) is 0. The highest BCUT2D eigenvalue weighted by Crippen LogP contribution is 2.24. The molecule has 0 aliphatic rings. The summed E-state index contributed by atoms with van der Waals surface area (Å²) >= 11 is 0. The summed E-state index contributed by atoms with van der Waals surface area (Å²) < 4.78 is 31.2. The molecule has 252 valence electrons. The Labute approximate surface area is 263 Å². The summed E-state index contributed by atoms with van der Waals surface area (Å²) in [5.41, 5.74) is 0. The summed E-state index contributed by atoms with van der Waals surface area (Å²) in [6.07, 6.45) is 29.8. The molecule has 0 aliphatic heterocycles. The molecule has 6 nitrogen and oxygen atoms in total. The largest absolute Gasteiger partial charge is 0.346 e. The molecule has 0 saturated carbocycles. The molecular formula is C35H74N2O4S+2. The first-order valence-corrected chi connectivity index (χ1v) is 19.5. The molecule has 1 atom stereocenters. The second kappa shape index (κ2) is 24.6. The van der Waals surface area contributed by atoms with Crippen LogP contribution in [0.5, 0.6) is 0 Å². The number of unbranched alkanes of at least 4 members (excludes halogenated alkanes) is 20. The van der Waals surface area contributed by atoms with Gasteiger partial charge in [-0.2, -0.15) is 8.42 Å². The van der Waals surface area contributed by atoms with Crippen LogP contribution in [0.3, 0.4) is 0 Å². The Hall–Kier alpha value is -0.660. The SMILES string of the molecule is CCCCCCCCCCCCCC[N+](C)(C)C(CCS(=O)(=O)OC(C)=O)[N+](C)(C)CCCCCCCCCCCC. The summed E-state index contributed by atoms with van der Waals surface area (Å²) in [6, 6.07) is 0.